The first-order chi connectivity index (χ1) is 16.1. The van der Waals surface area contributed by atoms with Crippen LogP contribution < -0.4 is 10.5 Å². The number of rotatable bonds is 6. The molecule has 33 heavy (non-hydrogen) atoms. The summed E-state index contributed by atoms with van der Waals surface area (Å²) in [6, 6.07) is 18.2. The molecule has 2 aromatic heterocycles. The van der Waals surface area contributed by atoms with Crippen molar-refractivity contribution in [2.75, 3.05) is 12.8 Å². The summed E-state index contributed by atoms with van der Waals surface area (Å²) in [7, 11) is 1.44. The van der Waals surface area contributed by atoms with Gasteiger partial charge in [0.15, 0.2) is 0 Å². The van der Waals surface area contributed by atoms with Gasteiger partial charge in [0.2, 0.25) is 0 Å². The Kier molecular flexibility index (Phi) is 5.46. The number of esters is 1. The Bertz CT molecular complexity index is 1310. The van der Waals surface area contributed by atoms with Gasteiger partial charge in [-0.15, -0.1) is 0 Å². The van der Waals surface area contributed by atoms with E-state index in [-0.39, 0.29) is 17.9 Å². The number of methoxy groups -OCH3 is 1. The minimum atomic E-state index is -0.155. The van der Waals surface area contributed by atoms with Gasteiger partial charge in [-0.05, 0) is 43.0 Å². The maximum Gasteiger partial charge on any atom is 0.308 e. The first-order valence-corrected chi connectivity index (χ1v) is 11.0. The Hall–Kier alpha value is -3.87. The van der Waals surface area contributed by atoms with Crippen LogP contribution in [0, 0.1) is 12.8 Å². The standard InChI is InChI=1S/C26H26N4O3/c1-16-22(18-9-6-10-21(13-18)33-14-17-7-4-3-5-8-17)23-24(27)28-15-29-25(23)30(16)20-11-19(12-20)26(31)32-2/h3-10,13,15,19-20H,11-12,14H2,1-2H3,(H2,27,28,29)/t19-,20-. The number of ether oxygens (including phenoxy) is 2. The van der Waals surface area contributed by atoms with Gasteiger partial charge in [-0.3, -0.25) is 4.79 Å². The minimum absolute atomic E-state index is 0.0748. The third kappa shape index (κ3) is 3.80. The molecule has 1 aliphatic carbocycles. The molecule has 168 valence electrons. The normalized spacial score (nSPS) is 17.5. The van der Waals surface area contributed by atoms with Gasteiger partial charge in [0.25, 0.3) is 0 Å². The topological polar surface area (TPSA) is 92.3 Å². The van der Waals surface area contributed by atoms with Crippen LogP contribution in [0.1, 0.15) is 30.1 Å². The molecule has 7 heteroatoms. The Morgan fingerprint density at radius 2 is 1.91 bits per heavy atom. The molecule has 5 rings (SSSR count). The predicted molar refractivity (Wildman–Crippen MR) is 127 cm³/mol. The Labute approximate surface area is 192 Å². The lowest BCUT2D eigenvalue weighted by molar-refractivity contribution is -0.149. The summed E-state index contributed by atoms with van der Waals surface area (Å²) >= 11 is 0. The van der Waals surface area contributed by atoms with Gasteiger partial charge >= 0.3 is 5.97 Å². The Morgan fingerprint density at radius 1 is 1.12 bits per heavy atom. The highest BCUT2D eigenvalue weighted by molar-refractivity contribution is 6.02. The van der Waals surface area contributed by atoms with Crippen LogP contribution in [0.5, 0.6) is 5.75 Å². The van der Waals surface area contributed by atoms with Crippen molar-refractivity contribution < 1.29 is 14.3 Å². The van der Waals surface area contributed by atoms with Crippen molar-refractivity contribution in [1.29, 1.82) is 0 Å². The van der Waals surface area contributed by atoms with E-state index in [1.54, 1.807) is 0 Å². The van der Waals surface area contributed by atoms with Crippen molar-refractivity contribution in [2.45, 2.75) is 32.4 Å². The van der Waals surface area contributed by atoms with Crippen molar-refractivity contribution in [3.05, 3.63) is 72.2 Å². The zero-order valence-electron chi connectivity index (χ0n) is 18.7. The smallest absolute Gasteiger partial charge is 0.308 e. The SMILES string of the molecule is COC(=O)[C@H]1C[C@H](n2c(C)c(-c3cccc(OCc4ccccc4)c3)c3c(N)ncnc32)C1. The number of carbonyl (C=O) groups is 1. The quantitative estimate of drug-likeness (QED) is 0.436. The minimum Gasteiger partial charge on any atom is -0.489 e. The number of hydrogen-bond acceptors (Lipinski definition) is 6. The molecule has 0 unspecified atom stereocenters. The van der Waals surface area contributed by atoms with Gasteiger partial charge in [0.05, 0.1) is 18.4 Å². The number of nitrogens with two attached hydrogens (primary N) is 1. The summed E-state index contributed by atoms with van der Waals surface area (Å²) in [6.45, 7) is 2.56. The molecule has 0 saturated heterocycles. The van der Waals surface area contributed by atoms with E-state index in [1.165, 1.54) is 13.4 Å². The molecule has 0 amide bonds. The number of carbonyl (C=O) groups excluding carboxylic acids is 1. The number of anilines is 1. The van der Waals surface area contributed by atoms with Gasteiger partial charge in [-0.25, -0.2) is 9.97 Å². The van der Waals surface area contributed by atoms with E-state index in [0.29, 0.717) is 12.4 Å². The highest BCUT2D eigenvalue weighted by Gasteiger charge is 2.38. The molecule has 0 bridgehead atoms. The van der Waals surface area contributed by atoms with Gasteiger partial charge < -0.3 is 19.8 Å². The maximum absolute atomic E-state index is 11.9. The molecule has 1 fully saturated rings. The fourth-order valence-electron chi connectivity index (χ4n) is 4.71. The molecule has 0 spiro atoms. The summed E-state index contributed by atoms with van der Waals surface area (Å²) in [5.74, 6) is 0.991. The first kappa shape index (κ1) is 21.0. The molecule has 0 radical (unpaired) electrons. The lowest BCUT2D eigenvalue weighted by atomic mass is 9.80. The number of aromatic nitrogens is 3. The van der Waals surface area contributed by atoms with Crippen LogP contribution in [0.4, 0.5) is 5.82 Å². The molecule has 4 aromatic rings. The molecular formula is C26H26N4O3. The Balaban J connectivity index is 1.51. The molecule has 2 aromatic carbocycles. The molecule has 7 nitrogen and oxygen atoms in total. The summed E-state index contributed by atoms with van der Waals surface area (Å²) in [4.78, 5) is 20.7. The van der Waals surface area contributed by atoms with Gasteiger partial charge in [-0.2, -0.15) is 0 Å². The van der Waals surface area contributed by atoms with Crippen LogP contribution in [0.2, 0.25) is 0 Å². The second-order valence-corrected chi connectivity index (χ2v) is 8.44. The van der Waals surface area contributed by atoms with E-state index >= 15 is 0 Å². The van der Waals surface area contributed by atoms with Crippen molar-refractivity contribution in [1.82, 2.24) is 14.5 Å². The lowest BCUT2D eigenvalue weighted by Crippen LogP contribution is -2.33. The fourth-order valence-corrected chi connectivity index (χ4v) is 4.71. The average Bonchev–Trinajstić information content (AvgIpc) is 3.10. The summed E-state index contributed by atoms with van der Waals surface area (Å²) in [6.07, 6.45) is 2.94. The van der Waals surface area contributed by atoms with Gasteiger partial charge in [0, 0.05) is 17.3 Å². The molecule has 0 aliphatic heterocycles. The van der Waals surface area contributed by atoms with Crippen LogP contribution in [0.15, 0.2) is 60.9 Å². The number of fused-ring (bicyclic) bond motifs is 1. The van der Waals surface area contributed by atoms with Gasteiger partial charge in [-0.1, -0.05) is 42.5 Å². The number of nitrogen functional groups attached to an aromatic ring is 1. The van der Waals surface area contributed by atoms with E-state index in [0.717, 1.165) is 52.0 Å². The zero-order chi connectivity index (χ0) is 22.9. The zero-order valence-corrected chi connectivity index (χ0v) is 18.7. The van der Waals surface area contributed by atoms with Gasteiger partial charge in [0.1, 0.15) is 30.1 Å². The van der Waals surface area contributed by atoms with Crippen LogP contribution in [-0.4, -0.2) is 27.6 Å². The highest BCUT2D eigenvalue weighted by Crippen LogP contribution is 2.45. The van der Waals surface area contributed by atoms with Crippen molar-refractivity contribution >= 4 is 22.8 Å². The van der Waals surface area contributed by atoms with E-state index < -0.39 is 0 Å². The van der Waals surface area contributed by atoms with Crippen LogP contribution in [0.25, 0.3) is 22.2 Å². The number of nitrogens with zero attached hydrogens (tertiary/aromatic N) is 3. The summed E-state index contributed by atoms with van der Waals surface area (Å²) in [5, 5.41) is 0.830. The first-order valence-electron chi connectivity index (χ1n) is 11.0. The molecule has 1 saturated carbocycles. The van der Waals surface area contributed by atoms with Crippen LogP contribution >= 0.6 is 0 Å². The fraction of sp³-hybridized carbons (Fsp3) is 0.269. The third-order valence-corrected chi connectivity index (χ3v) is 6.44. The summed E-state index contributed by atoms with van der Waals surface area (Å²) < 4.78 is 13.2. The van der Waals surface area contributed by atoms with E-state index in [4.69, 9.17) is 15.2 Å². The molecule has 2 heterocycles. The highest BCUT2D eigenvalue weighted by atomic mass is 16.5. The van der Waals surface area contributed by atoms with Crippen LogP contribution in [-0.2, 0) is 16.1 Å². The monoisotopic (exact) mass is 442 g/mol. The van der Waals surface area contributed by atoms with Crippen molar-refractivity contribution in [3.8, 4) is 16.9 Å². The van der Waals surface area contributed by atoms with Crippen LogP contribution in [0.3, 0.4) is 0 Å². The second kappa shape index (κ2) is 8.58. The molecule has 2 N–H and O–H groups in total. The number of hydrogen-bond donors (Lipinski definition) is 1. The largest absolute Gasteiger partial charge is 0.489 e. The average molecular weight is 443 g/mol. The van der Waals surface area contributed by atoms with Crippen molar-refractivity contribution in [3.63, 3.8) is 0 Å². The summed E-state index contributed by atoms with van der Waals surface area (Å²) in [5.41, 5.74) is 11.3. The second-order valence-electron chi connectivity index (χ2n) is 8.44. The molecular weight excluding hydrogens is 416 g/mol. The molecule has 1 aliphatic rings. The van der Waals surface area contributed by atoms with Crippen molar-refractivity contribution in [2.24, 2.45) is 5.92 Å². The van der Waals surface area contributed by atoms with E-state index in [2.05, 4.69) is 21.5 Å². The number of benzene rings is 2. The third-order valence-electron chi connectivity index (χ3n) is 6.44. The predicted octanol–water partition coefficient (Wildman–Crippen LogP) is 4.69. The van der Waals surface area contributed by atoms with E-state index in [9.17, 15) is 4.79 Å². The van der Waals surface area contributed by atoms with E-state index in [1.807, 2.05) is 54.6 Å². The molecule has 0 atom stereocenters. The lowest BCUT2D eigenvalue weighted by Gasteiger charge is -2.35. The maximum atomic E-state index is 11.9. The Morgan fingerprint density at radius 3 is 2.67 bits per heavy atom.